The van der Waals surface area contributed by atoms with E-state index in [1.807, 2.05) is 6.07 Å². The molecule has 4 heterocycles. The molecule has 2 N–H and O–H groups in total. The number of aliphatic hydroxyl groups excluding tert-OH is 1. The maximum Gasteiger partial charge on any atom is 0.225 e. The fourth-order valence-electron chi connectivity index (χ4n) is 4.44. The van der Waals surface area contributed by atoms with Gasteiger partial charge in [-0.15, -0.1) is 0 Å². The Bertz CT molecular complexity index is 1150. The second-order valence-corrected chi connectivity index (χ2v) is 8.61. The Morgan fingerprint density at radius 1 is 1.09 bits per heavy atom. The molecule has 0 bridgehead atoms. The highest BCUT2D eigenvalue weighted by atomic mass is 16.5. The molecule has 3 aromatic rings. The molecule has 1 aromatic carbocycles. The van der Waals surface area contributed by atoms with Gasteiger partial charge in [0.25, 0.3) is 0 Å². The average molecular weight is 479 g/mol. The molecule has 0 aliphatic carbocycles. The first-order valence-electron chi connectivity index (χ1n) is 12.0. The van der Waals surface area contributed by atoms with Gasteiger partial charge < -0.3 is 29.7 Å². The molecule has 2 aliphatic rings. The number of nitrogens with zero attached hydrogens (tertiary/aromatic N) is 5. The summed E-state index contributed by atoms with van der Waals surface area (Å²) in [6.45, 7) is 5.09. The number of pyridine rings is 1. The van der Waals surface area contributed by atoms with Crippen LogP contribution in [-0.2, 0) is 14.3 Å². The first-order valence-corrected chi connectivity index (χ1v) is 12.0. The number of benzene rings is 1. The van der Waals surface area contributed by atoms with E-state index in [9.17, 15) is 4.79 Å². The van der Waals surface area contributed by atoms with Gasteiger partial charge in [0.05, 0.1) is 43.7 Å². The van der Waals surface area contributed by atoms with Crippen LogP contribution in [-0.4, -0.2) is 96.1 Å². The summed E-state index contributed by atoms with van der Waals surface area (Å²) in [6.07, 6.45) is 3.27. The molecule has 0 unspecified atom stereocenters. The summed E-state index contributed by atoms with van der Waals surface area (Å²) in [5.74, 6) is 0.572. The molecule has 1 atom stereocenters. The van der Waals surface area contributed by atoms with Crippen molar-refractivity contribution >= 4 is 28.4 Å². The summed E-state index contributed by atoms with van der Waals surface area (Å²) < 4.78 is 11.3. The molecule has 0 spiro atoms. The van der Waals surface area contributed by atoms with Crippen molar-refractivity contribution in [1.82, 2.24) is 19.9 Å². The van der Waals surface area contributed by atoms with Crippen LogP contribution in [0.5, 0.6) is 0 Å². The first-order chi connectivity index (χ1) is 17.2. The lowest BCUT2D eigenvalue weighted by atomic mass is 10.1. The summed E-state index contributed by atoms with van der Waals surface area (Å²) >= 11 is 0. The lowest BCUT2D eigenvalue weighted by Gasteiger charge is -2.33. The van der Waals surface area contributed by atoms with Crippen molar-refractivity contribution in [2.24, 2.45) is 0 Å². The Morgan fingerprint density at radius 2 is 1.89 bits per heavy atom. The number of aromatic nitrogens is 3. The van der Waals surface area contributed by atoms with E-state index >= 15 is 0 Å². The van der Waals surface area contributed by atoms with Crippen molar-refractivity contribution in [3.63, 3.8) is 0 Å². The summed E-state index contributed by atoms with van der Waals surface area (Å²) in [7, 11) is 0. The summed E-state index contributed by atoms with van der Waals surface area (Å²) in [5, 5.41) is 12.4. The van der Waals surface area contributed by atoms with E-state index in [2.05, 4.69) is 44.5 Å². The third kappa shape index (κ3) is 5.50. The Balaban J connectivity index is 1.34. The zero-order valence-electron chi connectivity index (χ0n) is 19.6. The molecule has 10 nitrogen and oxygen atoms in total. The molecule has 2 saturated heterocycles. The third-order valence-electron chi connectivity index (χ3n) is 6.31. The van der Waals surface area contributed by atoms with Gasteiger partial charge in [0.1, 0.15) is 5.52 Å². The Kier molecular flexibility index (Phi) is 7.31. The first kappa shape index (κ1) is 23.4. The SMILES string of the molecule is O=C(CCO)N1CCO[C@H](CNc2nc(-c3ccc(N4CCOCC4)cc3)cc3nccnc23)C1. The van der Waals surface area contributed by atoms with E-state index in [1.165, 1.54) is 5.69 Å². The van der Waals surface area contributed by atoms with Crippen molar-refractivity contribution in [2.45, 2.75) is 12.5 Å². The van der Waals surface area contributed by atoms with Crippen LogP contribution in [0, 0.1) is 0 Å². The van der Waals surface area contributed by atoms with Crippen LogP contribution in [0.1, 0.15) is 6.42 Å². The highest BCUT2D eigenvalue weighted by Gasteiger charge is 2.24. The molecule has 5 rings (SSSR count). The van der Waals surface area contributed by atoms with Gasteiger partial charge in [-0.2, -0.15) is 0 Å². The molecule has 2 aliphatic heterocycles. The second kappa shape index (κ2) is 10.9. The lowest BCUT2D eigenvalue weighted by Crippen LogP contribution is -2.48. The van der Waals surface area contributed by atoms with Crippen LogP contribution in [0.4, 0.5) is 11.5 Å². The number of hydrogen-bond donors (Lipinski definition) is 2. The molecule has 35 heavy (non-hydrogen) atoms. The molecule has 0 saturated carbocycles. The van der Waals surface area contributed by atoms with Crippen LogP contribution in [0.3, 0.4) is 0 Å². The van der Waals surface area contributed by atoms with Crippen molar-refractivity contribution in [3.8, 4) is 11.3 Å². The van der Waals surface area contributed by atoms with Crippen LogP contribution in [0.15, 0.2) is 42.7 Å². The standard InChI is InChI=1S/C25H30N6O4/c32-11-5-23(33)31-10-14-35-20(17-31)16-28-25-24-22(26-6-7-27-24)15-21(29-25)18-1-3-19(4-2-18)30-8-12-34-13-9-30/h1-4,6-7,15,20,32H,5,8-14,16-17H2,(H,28,29)/t20-/m1/s1. The number of amides is 1. The highest BCUT2D eigenvalue weighted by molar-refractivity contribution is 5.88. The largest absolute Gasteiger partial charge is 0.396 e. The molecule has 1 amide bonds. The van der Waals surface area contributed by atoms with Gasteiger partial charge in [-0.25, -0.2) is 9.97 Å². The fraction of sp³-hybridized carbons (Fsp3) is 0.440. The highest BCUT2D eigenvalue weighted by Crippen LogP contribution is 2.27. The quantitative estimate of drug-likeness (QED) is 0.522. The van der Waals surface area contributed by atoms with Gasteiger partial charge in [0, 0.05) is 62.8 Å². The van der Waals surface area contributed by atoms with Crippen LogP contribution < -0.4 is 10.2 Å². The molecule has 2 fully saturated rings. The van der Waals surface area contributed by atoms with E-state index in [1.54, 1.807) is 17.3 Å². The fourth-order valence-corrected chi connectivity index (χ4v) is 4.44. The van der Waals surface area contributed by atoms with Crippen molar-refractivity contribution in [1.29, 1.82) is 0 Å². The Hall–Kier alpha value is -3.34. The van der Waals surface area contributed by atoms with Gasteiger partial charge in [-0.1, -0.05) is 12.1 Å². The summed E-state index contributed by atoms with van der Waals surface area (Å²) in [6, 6.07) is 10.3. The average Bonchev–Trinajstić information content (AvgIpc) is 2.92. The Labute approximate surface area is 203 Å². The van der Waals surface area contributed by atoms with E-state index < -0.39 is 0 Å². The zero-order valence-corrected chi connectivity index (χ0v) is 19.6. The molecule has 0 radical (unpaired) electrons. The molecule has 184 valence electrons. The number of morpholine rings is 2. The number of carbonyl (C=O) groups is 1. The second-order valence-electron chi connectivity index (χ2n) is 8.61. The monoisotopic (exact) mass is 478 g/mol. The molecular weight excluding hydrogens is 448 g/mol. The predicted molar refractivity (Wildman–Crippen MR) is 132 cm³/mol. The number of ether oxygens (including phenoxy) is 2. The van der Waals surface area contributed by atoms with E-state index in [4.69, 9.17) is 19.6 Å². The zero-order chi connectivity index (χ0) is 24.0. The van der Waals surface area contributed by atoms with E-state index in [-0.39, 0.29) is 25.0 Å². The van der Waals surface area contributed by atoms with Gasteiger partial charge in [-0.05, 0) is 18.2 Å². The number of carbonyl (C=O) groups excluding carboxylic acids is 1. The third-order valence-corrected chi connectivity index (χ3v) is 6.31. The number of nitrogens with one attached hydrogen (secondary N) is 1. The van der Waals surface area contributed by atoms with Crippen molar-refractivity contribution in [3.05, 3.63) is 42.7 Å². The number of fused-ring (bicyclic) bond motifs is 1. The minimum absolute atomic E-state index is 0.0576. The maximum atomic E-state index is 12.2. The van der Waals surface area contributed by atoms with Crippen molar-refractivity contribution in [2.75, 3.05) is 69.4 Å². The maximum absolute atomic E-state index is 12.2. The number of hydrogen-bond acceptors (Lipinski definition) is 9. The lowest BCUT2D eigenvalue weighted by molar-refractivity contribution is -0.138. The van der Waals surface area contributed by atoms with E-state index in [0.717, 1.165) is 43.1 Å². The summed E-state index contributed by atoms with van der Waals surface area (Å²) in [5.41, 5.74) is 4.41. The summed E-state index contributed by atoms with van der Waals surface area (Å²) in [4.78, 5) is 30.1. The van der Waals surface area contributed by atoms with E-state index in [0.29, 0.717) is 37.6 Å². The van der Waals surface area contributed by atoms with Crippen LogP contribution in [0.2, 0.25) is 0 Å². The van der Waals surface area contributed by atoms with Gasteiger partial charge >= 0.3 is 0 Å². The van der Waals surface area contributed by atoms with Crippen LogP contribution in [0.25, 0.3) is 22.3 Å². The molecule has 10 heteroatoms. The topological polar surface area (TPSA) is 113 Å². The van der Waals surface area contributed by atoms with Gasteiger partial charge in [0.2, 0.25) is 5.91 Å². The number of aliphatic hydroxyl groups is 1. The van der Waals surface area contributed by atoms with Gasteiger partial charge in [0.15, 0.2) is 5.82 Å². The Morgan fingerprint density at radius 3 is 2.69 bits per heavy atom. The predicted octanol–water partition coefficient (Wildman–Crippen LogP) is 1.55. The smallest absolute Gasteiger partial charge is 0.225 e. The molecule has 2 aromatic heterocycles. The number of anilines is 2. The van der Waals surface area contributed by atoms with Gasteiger partial charge in [-0.3, -0.25) is 9.78 Å². The minimum atomic E-state index is -0.184. The normalized spacial score (nSPS) is 18.6. The number of rotatable bonds is 7. The minimum Gasteiger partial charge on any atom is -0.396 e. The van der Waals surface area contributed by atoms with Crippen molar-refractivity contribution < 1.29 is 19.4 Å². The van der Waals surface area contributed by atoms with Crippen LogP contribution >= 0.6 is 0 Å². The molecular formula is C25H30N6O4.